The predicted molar refractivity (Wildman–Crippen MR) is 92.6 cm³/mol. The smallest absolute Gasteiger partial charge is 0.142 e. The summed E-state index contributed by atoms with van der Waals surface area (Å²) in [6.45, 7) is 5.43. The average molecular weight is 313 g/mol. The molecule has 0 spiro atoms. The zero-order chi connectivity index (χ0) is 16.1. The first-order valence-corrected chi connectivity index (χ1v) is 8.14. The Morgan fingerprint density at radius 2 is 1.74 bits per heavy atom. The van der Waals surface area contributed by atoms with Crippen molar-refractivity contribution < 1.29 is 14.4 Å². The van der Waals surface area contributed by atoms with Crippen molar-refractivity contribution >= 4 is 5.69 Å². The SMILES string of the molecule is COc1cccc(C[NH+]2CCN(c3ccccc3OC)CC2)c1. The van der Waals surface area contributed by atoms with Crippen molar-refractivity contribution in [2.24, 2.45) is 0 Å². The van der Waals surface area contributed by atoms with Crippen LogP contribution >= 0.6 is 0 Å². The predicted octanol–water partition coefficient (Wildman–Crippen LogP) is 1.61. The molecule has 1 fully saturated rings. The van der Waals surface area contributed by atoms with Gasteiger partial charge >= 0.3 is 0 Å². The standard InChI is InChI=1S/C19H24N2O2/c1-22-17-7-5-6-16(14-17)15-20-10-12-21(13-11-20)18-8-3-4-9-19(18)23-2/h3-9,14H,10-13,15H2,1-2H3/p+1. The third-order valence-electron chi connectivity index (χ3n) is 4.48. The molecule has 0 amide bonds. The second-order valence-corrected chi connectivity index (χ2v) is 5.94. The number of para-hydroxylation sites is 2. The van der Waals surface area contributed by atoms with E-state index in [0.717, 1.165) is 44.2 Å². The molecule has 4 nitrogen and oxygen atoms in total. The van der Waals surface area contributed by atoms with Crippen LogP contribution < -0.4 is 19.3 Å². The number of rotatable bonds is 5. The lowest BCUT2D eigenvalue weighted by molar-refractivity contribution is -0.914. The number of nitrogens with one attached hydrogen (secondary N) is 1. The number of ether oxygens (including phenoxy) is 2. The van der Waals surface area contributed by atoms with Gasteiger partial charge in [0.25, 0.3) is 0 Å². The normalized spacial score (nSPS) is 15.5. The Labute approximate surface area is 138 Å². The largest absolute Gasteiger partial charge is 0.497 e. The molecule has 23 heavy (non-hydrogen) atoms. The summed E-state index contributed by atoms with van der Waals surface area (Å²) in [6, 6.07) is 16.7. The van der Waals surface area contributed by atoms with Crippen molar-refractivity contribution in [1.29, 1.82) is 0 Å². The van der Waals surface area contributed by atoms with Crippen molar-refractivity contribution in [3.63, 3.8) is 0 Å². The Morgan fingerprint density at radius 1 is 0.957 bits per heavy atom. The molecule has 1 saturated heterocycles. The van der Waals surface area contributed by atoms with E-state index in [9.17, 15) is 0 Å². The molecule has 1 heterocycles. The second-order valence-electron chi connectivity index (χ2n) is 5.94. The van der Waals surface area contributed by atoms with Crippen LogP contribution in [-0.4, -0.2) is 40.4 Å². The third-order valence-corrected chi connectivity index (χ3v) is 4.48. The maximum atomic E-state index is 5.48. The average Bonchev–Trinajstić information content (AvgIpc) is 2.62. The minimum Gasteiger partial charge on any atom is -0.497 e. The van der Waals surface area contributed by atoms with Crippen LogP contribution in [0.4, 0.5) is 5.69 Å². The number of piperazine rings is 1. The molecule has 0 radical (unpaired) electrons. The molecule has 4 heteroatoms. The summed E-state index contributed by atoms with van der Waals surface area (Å²) in [5.41, 5.74) is 2.54. The molecule has 2 aromatic rings. The van der Waals surface area contributed by atoms with Gasteiger partial charge in [-0.15, -0.1) is 0 Å². The topological polar surface area (TPSA) is 26.1 Å². The minimum atomic E-state index is 0.939. The lowest BCUT2D eigenvalue weighted by Crippen LogP contribution is -3.13. The molecule has 0 saturated carbocycles. The highest BCUT2D eigenvalue weighted by molar-refractivity contribution is 5.58. The number of methoxy groups -OCH3 is 2. The number of hydrogen-bond donors (Lipinski definition) is 1. The van der Waals surface area contributed by atoms with E-state index in [2.05, 4.69) is 35.2 Å². The highest BCUT2D eigenvalue weighted by atomic mass is 16.5. The molecule has 122 valence electrons. The van der Waals surface area contributed by atoms with Gasteiger partial charge in [-0.2, -0.15) is 0 Å². The van der Waals surface area contributed by atoms with Crippen molar-refractivity contribution in [2.45, 2.75) is 6.54 Å². The molecule has 0 atom stereocenters. The van der Waals surface area contributed by atoms with Crippen LogP contribution in [-0.2, 0) is 6.54 Å². The molecule has 0 bridgehead atoms. The number of anilines is 1. The molecule has 1 N–H and O–H groups in total. The highest BCUT2D eigenvalue weighted by Gasteiger charge is 2.22. The summed E-state index contributed by atoms with van der Waals surface area (Å²) >= 11 is 0. The summed E-state index contributed by atoms with van der Waals surface area (Å²) in [6.07, 6.45) is 0. The quantitative estimate of drug-likeness (QED) is 0.908. The van der Waals surface area contributed by atoms with Gasteiger partial charge in [0.2, 0.25) is 0 Å². The molecule has 2 aromatic carbocycles. The van der Waals surface area contributed by atoms with Gasteiger partial charge in [0.05, 0.1) is 46.1 Å². The first-order chi connectivity index (χ1) is 11.3. The van der Waals surface area contributed by atoms with E-state index >= 15 is 0 Å². The van der Waals surface area contributed by atoms with Gasteiger partial charge in [0.1, 0.15) is 18.0 Å². The molecular weight excluding hydrogens is 288 g/mol. The fourth-order valence-corrected chi connectivity index (χ4v) is 3.20. The van der Waals surface area contributed by atoms with E-state index in [0.29, 0.717) is 0 Å². The van der Waals surface area contributed by atoms with Crippen LogP contribution in [0, 0.1) is 0 Å². The number of quaternary nitrogens is 1. The Kier molecular flexibility index (Phi) is 5.03. The molecular formula is C19H25N2O2+. The van der Waals surface area contributed by atoms with Crippen molar-refractivity contribution in [3.05, 3.63) is 54.1 Å². The van der Waals surface area contributed by atoms with Crippen LogP contribution in [0.25, 0.3) is 0 Å². The summed E-state index contributed by atoms with van der Waals surface area (Å²) < 4.78 is 10.8. The lowest BCUT2D eigenvalue weighted by atomic mass is 10.1. The Bertz CT molecular complexity index is 637. The van der Waals surface area contributed by atoms with E-state index in [-0.39, 0.29) is 0 Å². The zero-order valence-electron chi connectivity index (χ0n) is 13.9. The fraction of sp³-hybridized carbons (Fsp3) is 0.368. The zero-order valence-corrected chi connectivity index (χ0v) is 13.9. The van der Waals surface area contributed by atoms with Crippen LogP contribution in [0.1, 0.15) is 5.56 Å². The van der Waals surface area contributed by atoms with Crippen LogP contribution in [0.5, 0.6) is 11.5 Å². The molecule has 1 aliphatic rings. The van der Waals surface area contributed by atoms with Crippen LogP contribution in [0.2, 0.25) is 0 Å². The molecule has 0 unspecified atom stereocenters. The van der Waals surface area contributed by atoms with Crippen LogP contribution in [0.15, 0.2) is 48.5 Å². The molecule has 0 aromatic heterocycles. The fourth-order valence-electron chi connectivity index (χ4n) is 3.20. The minimum absolute atomic E-state index is 0.939. The third kappa shape index (κ3) is 3.77. The number of nitrogens with zero attached hydrogens (tertiary/aromatic N) is 1. The molecule has 3 rings (SSSR count). The molecule has 1 aliphatic heterocycles. The number of benzene rings is 2. The summed E-state index contributed by atoms with van der Waals surface area (Å²) in [5, 5.41) is 0. The first kappa shape index (κ1) is 15.7. The number of hydrogen-bond acceptors (Lipinski definition) is 3. The summed E-state index contributed by atoms with van der Waals surface area (Å²) in [7, 11) is 3.46. The van der Waals surface area contributed by atoms with Crippen LogP contribution in [0.3, 0.4) is 0 Å². The van der Waals surface area contributed by atoms with Gasteiger partial charge in [-0.1, -0.05) is 24.3 Å². The van der Waals surface area contributed by atoms with Gasteiger partial charge in [0.15, 0.2) is 0 Å². The van der Waals surface area contributed by atoms with Gasteiger partial charge in [-0.05, 0) is 24.3 Å². The second kappa shape index (κ2) is 7.38. The first-order valence-electron chi connectivity index (χ1n) is 8.14. The van der Waals surface area contributed by atoms with Gasteiger partial charge < -0.3 is 19.3 Å². The Hall–Kier alpha value is -2.20. The van der Waals surface area contributed by atoms with E-state index in [1.54, 1.807) is 19.1 Å². The van der Waals surface area contributed by atoms with Crippen molar-refractivity contribution in [3.8, 4) is 11.5 Å². The Morgan fingerprint density at radius 3 is 2.48 bits per heavy atom. The lowest BCUT2D eigenvalue weighted by Gasteiger charge is -2.34. The summed E-state index contributed by atoms with van der Waals surface area (Å²) in [5.74, 6) is 1.90. The van der Waals surface area contributed by atoms with E-state index < -0.39 is 0 Å². The molecule has 0 aliphatic carbocycles. The van der Waals surface area contributed by atoms with E-state index in [1.807, 2.05) is 18.2 Å². The van der Waals surface area contributed by atoms with E-state index in [1.165, 1.54) is 11.3 Å². The highest BCUT2D eigenvalue weighted by Crippen LogP contribution is 2.27. The maximum Gasteiger partial charge on any atom is 0.142 e. The monoisotopic (exact) mass is 313 g/mol. The van der Waals surface area contributed by atoms with Gasteiger partial charge in [-0.3, -0.25) is 0 Å². The van der Waals surface area contributed by atoms with E-state index in [4.69, 9.17) is 9.47 Å². The summed E-state index contributed by atoms with van der Waals surface area (Å²) in [4.78, 5) is 4.04. The van der Waals surface area contributed by atoms with Crippen molar-refractivity contribution in [2.75, 3.05) is 45.3 Å². The Balaban J connectivity index is 1.60. The van der Waals surface area contributed by atoms with Gasteiger partial charge in [-0.25, -0.2) is 0 Å². The van der Waals surface area contributed by atoms with Crippen molar-refractivity contribution in [1.82, 2.24) is 0 Å². The maximum absolute atomic E-state index is 5.48. The van der Waals surface area contributed by atoms with Gasteiger partial charge in [0, 0.05) is 5.56 Å².